The maximum absolute atomic E-state index is 13.6. The lowest BCUT2D eigenvalue weighted by Crippen LogP contribution is -2.47. The van der Waals surface area contributed by atoms with E-state index in [1.165, 1.54) is 11.3 Å². The number of likely N-dealkylation sites (N-methyl/N-ethyl adjacent to an activating group) is 2. The van der Waals surface area contributed by atoms with Crippen molar-refractivity contribution >= 4 is 43.8 Å². The first-order chi connectivity index (χ1) is 21.2. The molecule has 2 aliphatic rings. The SMILES string of the molecule is CCCCCc1ccc(S(=O)(=O)Nc2cc(-c3csc(NC(=O)CN4CCN(C)CC4)n3)ccc2N2CCN(C)CC2)cc1. The summed E-state index contributed by atoms with van der Waals surface area (Å²) in [5, 5.41) is 5.37. The summed E-state index contributed by atoms with van der Waals surface area (Å²) < 4.78 is 30.1. The highest BCUT2D eigenvalue weighted by atomic mass is 32.2. The van der Waals surface area contributed by atoms with Crippen LogP contribution in [0.1, 0.15) is 31.7 Å². The van der Waals surface area contributed by atoms with E-state index in [2.05, 4.69) is 55.6 Å². The Bertz CT molecular complexity index is 1490. The van der Waals surface area contributed by atoms with Crippen molar-refractivity contribution in [3.8, 4) is 11.3 Å². The zero-order valence-corrected chi connectivity index (χ0v) is 27.7. The lowest BCUT2D eigenvalue weighted by molar-refractivity contribution is -0.117. The molecule has 0 bridgehead atoms. The van der Waals surface area contributed by atoms with Gasteiger partial charge in [-0.25, -0.2) is 13.4 Å². The molecule has 3 heterocycles. The molecule has 0 unspecified atom stereocenters. The summed E-state index contributed by atoms with van der Waals surface area (Å²) in [6, 6.07) is 13.0. The summed E-state index contributed by atoms with van der Waals surface area (Å²) in [4.78, 5) is 26.5. The van der Waals surface area contributed by atoms with E-state index < -0.39 is 10.0 Å². The minimum absolute atomic E-state index is 0.0781. The summed E-state index contributed by atoms with van der Waals surface area (Å²) in [6.07, 6.45) is 4.36. The second-order valence-corrected chi connectivity index (χ2v) is 14.4. The molecular formula is C32H45N7O3S2. The zero-order valence-electron chi connectivity index (χ0n) is 26.1. The molecule has 2 saturated heterocycles. The molecular weight excluding hydrogens is 595 g/mol. The van der Waals surface area contributed by atoms with Gasteiger partial charge in [-0.15, -0.1) is 11.3 Å². The van der Waals surface area contributed by atoms with Crippen LogP contribution in [0.25, 0.3) is 11.3 Å². The molecule has 10 nitrogen and oxygen atoms in total. The third-order valence-electron chi connectivity index (χ3n) is 8.40. The van der Waals surface area contributed by atoms with E-state index in [0.29, 0.717) is 23.1 Å². The average molecular weight is 640 g/mol. The van der Waals surface area contributed by atoms with Crippen molar-refractivity contribution in [2.75, 3.05) is 87.9 Å². The number of benzene rings is 2. The van der Waals surface area contributed by atoms with E-state index in [1.54, 1.807) is 12.1 Å². The molecule has 0 saturated carbocycles. The number of aryl methyl sites for hydroxylation is 1. The number of hydrogen-bond acceptors (Lipinski definition) is 9. The van der Waals surface area contributed by atoms with Gasteiger partial charge in [-0.1, -0.05) is 38.0 Å². The summed E-state index contributed by atoms with van der Waals surface area (Å²) in [5.74, 6) is -0.0781. The Hall–Kier alpha value is -3.03. The van der Waals surface area contributed by atoms with E-state index in [-0.39, 0.29) is 10.8 Å². The average Bonchev–Trinajstić information content (AvgIpc) is 3.47. The number of unbranched alkanes of at least 4 members (excludes halogenated alkanes) is 2. The van der Waals surface area contributed by atoms with Gasteiger partial charge in [0.25, 0.3) is 10.0 Å². The quantitative estimate of drug-likeness (QED) is 0.284. The van der Waals surface area contributed by atoms with Gasteiger partial charge < -0.3 is 20.0 Å². The van der Waals surface area contributed by atoms with Crippen molar-refractivity contribution < 1.29 is 13.2 Å². The molecule has 0 spiro atoms. The van der Waals surface area contributed by atoms with Gasteiger partial charge in [-0.3, -0.25) is 14.4 Å². The Morgan fingerprint density at radius 2 is 1.59 bits per heavy atom. The predicted octanol–water partition coefficient (Wildman–Crippen LogP) is 4.28. The summed E-state index contributed by atoms with van der Waals surface area (Å²) in [7, 11) is 0.365. The van der Waals surface area contributed by atoms with Crippen molar-refractivity contribution in [1.82, 2.24) is 19.7 Å². The number of thiazole rings is 1. The number of carbonyl (C=O) groups is 1. The van der Waals surface area contributed by atoms with Gasteiger partial charge in [0.2, 0.25) is 5.91 Å². The molecule has 5 rings (SSSR count). The van der Waals surface area contributed by atoms with Gasteiger partial charge in [0.1, 0.15) is 0 Å². The second-order valence-electron chi connectivity index (χ2n) is 11.9. The number of rotatable bonds is 12. The molecule has 1 aromatic heterocycles. The zero-order chi connectivity index (χ0) is 31.1. The largest absolute Gasteiger partial charge is 0.367 e. The molecule has 2 aromatic carbocycles. The van der Waals surface area contributed by atoms with E-state index in [1.807, 2.05) is 35.7 Å². The minimum Gasteiger partial charge on any atom is -0.367 e. The van der Waals surface area contributed by atoms with Crippen molar-refractivity contribution in [3.05, 3.63) is 53.4 Å². The van der Waals surface area contributed by atoms with Crippen LogP contribution in [-0.4, -0.2) is 107 Å². The highest BCUT2D eigenvalue weighted by Gasteiger charge is 2.23. The number of nitrogens with one attached hydrogen (secondary N) is 2. The Morgan fingerprint density at radius 3 is 2.27 bits per heavy atom. The molecule has 0 atom stereocenters. The summed E-state index contributed by atoms with van der Waals surface area (Å²) in [5.41, 5.74) is 3.98. The van der Waals surface area contributed by atoms with Gasteiger partial charge in [-0.05, 0) is 56.8 Å². The van der Waals surface area contributed by atoms with Gasteiger partial charge in [0.05, 0.1) is 28.5 Å². The Labute approximate surface area is 266 Å². The van der Waals surface area contributed by atoms with Crippen LogP contribution in [-0.2, 0) is 21.2 Å². The topological polar surface area (TPSA) is 101 Å². The van der Waals surface area contributed by atoms with E-state index in [0.717, 1.165) is 94.9 Å². The summed E-state index contributed by atoms with van der Waals surface area (Å²) in [6.45, 7) is 9.57. The van der Waals surface area contributed by atoms with Crippen LogP contribution >= 0.6 is 11.3 Å². The van der Waals surface area contributed by atoms with Gasteiger partial charge >= 0.3 is 0 Å². The summed E-state index contributed by atoms with van der Waals surface area (Å²) >= 11 is 1.37. The number of aromatic nitrogens is 1. The Kier molecular flexibility index (Phi) is 10.9. The minimum atomic E-state index is -3.82. The number of amides is 1. The second kappa shape index (κ2) is 14.8. The normalized spacial score (nSPS) is 17.1. The van der Waals surface area contributed by atoms with Gasteiger partial charge in [-0.2, -0.15) is 0 Å². The number of hydrogen-bond donors (Lipinski definition) is 2. The van der Waals surface area contributed by atoms with E-state index in [9.17, 15) is 13.2 Å². The van der Waals surface area contributed by atoms with Crippen LogP contribution < -0.4 is 14.9 Å². The van der Waals surface area contributed by atoms with Crippen LogP contribution in [0.5, 0.6) is 0 Å². The molecule has 1 amide bonds. The number of nitrogens with zero attached hydrogens (tertiary/aromatic N) is 5. The predicted molar refractivity (Wildman–Crippen MR) is 180 cm³/mol. The lowest BCUT2D eigenvalue weighted by atomic mass is 10.1. The fraction of sp³-hybridized carbons (Fsp3) is 0.500. The van der Waals surface area contributed by atoms with Crippen molar-refractivity contribution in [1.29, 1.82) is 0 Å². The standard InChI is InChI=1S/C32H45N7O3S2/c1-4-5-6-7-25-8-11-27(12-9-25)44(41,42)35-28-22-26(10-13-30(28)39-20-16-37(3)17-21-39)29-24-43-32(33-29)34-31(40)23-38-18-14-36(2)15-19-38/h8-13,22,24,35H,4-7,14-21,23H2,1-3H3,(H,33,34,40). The van der Waals surface area contributed by atoms with Crippen LogP contribution in [0.3, 0.4) is 0 Å². The van der Waals surface area contributed by atoms with E-state index in [4.69, 9.17) is 0 Å². The number of piperazine rings is 2. The lowest BCUT2D eigenvalue weighted by Gasteiger charge is -2.35. The van der Waals surface area contributed by atoms with Crippen molar-refractivity contribution in [2.45, 2.75) is 37.5 Å². The van der Waals surface area contributed by atoms with Crippen LogP contribution in [0.2, 0.25) is 0 Å². The van der Waals surface area contributed by atoms with E-state index >= 15 is 0 Å². The third kappa shape index (κ3) is 8.57. The number of sulfonamides is 1. The maximum Gasteiger partial charge on any atom is 0.261 e. The molecule has 0 aliphatic carbocycles. The van der Waals surface area contributed by atoms with Crippen LogP contribution in [0.15, 0.2) is 52.7 Å². The number of carbonyl (C=O) groups excluding carboxylic acids is 1. The first kappa shape index (κ1) is 32.4. The van der Waals surface area contributed by atoms with Crippen LogP contribution in [0.4, 0.5) is 16.5 Å². The molecule has 2 aliphatic heterocycles. The third-order valence-corrected chi connectivity index (χ3v) is 10.5. The van der Waals surface area contributed by atoms with Crippen LogP contribution in [0, 0.1) is 0 Å². The Morgan fingerprint density at radius 1 is 0.909 bits per heavy atom. The molecule has 238 valence electrons. The smallest absolute Gasteiger partial charge is 0.261 e. The van der Waals surface area contributed by atoms with Gasteiger partial charge in [0.15, 0.2) is 5.13 Å². The first-order valence-corrected chi connectivity index (χ1v) is 17.9. The van der Waals surface area contributed by atoms with Gasteiger partial charge in [0, 0.05) is 63.3 Å². The number of anilines is 3. The molecule has 0 radical (unpaired) electrons. The van der Waals surface area contributed by atoms with Crippen molar-refractivity contribution in [3.63, 3.8) is 0 Å². The molecule has 2 fully saturated rings. The first-order valence-electron chi connectivity index (χ1n) is 15.6. The highest BCUT2D eigenvalue weighted by Crippen LogP contribution is 2.35. The fourth-order valence-electron chi connectivity index (χ4n) is 5.55. The Balaban J connectivity index is 1.33. The molecule has 44 heavy (non-hydrogen) atoms. The highest BCUT2D eigenvalue weighted by molar-refractivity contribution is 7.92. The molecule has 12 heteroatoms. The maximum atomic E-state index is 13.6. The fourth-order valence-corrected chi connectivity index (χ4v) is 7.35. The monoisotopic (exact) mass is 639 g/mol. The molecule has 2 N–H and O–H groups in total. The van der Waals surface area contributed by atoms with Crippen molar-refractivity contribution in [2.24, 2.45) is 0 Å². The molecule has 3 aromatic rings.